The lowest BCUT2D eigenvalue weighted by Crippen LogP contribution is -2.49. The first-order chi connectivity index (χ1) is 19.9. The number of hydrogen-bond donors (Lipinski definition) is 3. The van der Waals surface area contributed by atoms with Crippen molar-refractivity contribution in [1.29, 1.82) is 0 Å². The number of aromatic nitrogens is 1. The summed E-state index contributed by atoms with van der Waals surface area (Å²) >= 11 is 0. The number of pyridine rings is 1. The number of esters is 2. The fourth-order valence-electron chi connectivity index (χ4n) is 3.61. The van der Waals surface area contributed by atoms with Crippen LogP contribution in [-0.2, 0) is 39.9 Å². The molecule has 0 aromatic carbocycles. The standard InChI is InChI=1S/C30H46N4O9/c1-10-19(2)24(27(39)42-29(3,4)5)33-22(35)18-34-17-13-15-21(26(34)38)31-25(37)20(14-11-12-16-23(36)41-9)32-28(40)43-30(6,7)8/h12-13,15-17,19-20,24H,10-11,14,18H2,1-9H3,(H,31,37)(H,32,40)(H,33,35)/b16-12+. The summed E-state index contributed by atoms with van der Waals surface area (Å²) in [7, 11) is 1.23. The third-order valence-electron chi connectivity index (χ3n) is 5.87. The van der Waals surface area contributed by atoms with Gasteiger partial charge in [-0.05, 0) is 72.4 Å². The molecule has 0 bridgehead atoms. The summed E-state index contributed by atoms with van der Waals surface area (Å²) in [5.41, 5.74) is -2.37. The van der Waals surface area contributed by atoms with Gasteiger partial charge in [0, 0.05) is 12.3 Å². The topological polar surface area (TPSA) is 171 Å². The molecule has 3 atom stereocenters. The van der Waals surface area contributed by atoms with Crippen LogP contribution in [-0.4, -0.2) is 64.8 Å². The largest absolute Gasteiger partial charge is 0.466 e. The van der Waals surface area contributed by atoms with E-state index < -0.39 is 65.2 Å². The monoisotopic (exact) mass is 606 g/mol. The molecule has 1 rings (SSSR count). The Morgan fingerprint density at radius 2 is 1.63 bits per heavy atom. The van der Waals surface area contributed by atoms with E-state index in [1.807, 2.05) is 13.8 Å². The van der Waals surface area contributed by atoms with Gasteiger partial charge in [0.2, 0.25) is 11.8 Å². The van der Waals surface area contributed by atoms with E-state index in [-0.39, 0.29) is 24.4 Å². The van der Waals surface area contributed by atoms with Gasteiger partial charge in [-0.25, -0.2) is 14.4 Å². The van der Waals surface area contributed by atoms with Crippen LogP contribution in [0, 0.1) is 5.92 Å². The van der Waals surface area contributed by atoms with Gasteiger partial charge in [-0.2, -0.15) is 0 Å². The molecular formula is C30H46N4O9. The second-order valence-electron chi connectivity index (χ2n) is 12.0. The molecule has 0 aliphatic rings. The maximum absolute atomic E-state index is 13.2. The van der Waals surface area contributed by atoms with Crippen LogP contribution in [0.25, 0.3) is 0 Å². The minimum atomic E-state index is -1.13. The highest BCUT2D eigenvalue weighted by Gasteiger charge is 2.31. The number of nitrogens with one attached hydrogen (secondary N) is 3. The Kier molecular flexibility index (Phi) is 14.1. The minimum Gasteiger partial charge on any atom is -0.466 e. The Bertz CT molecular complexity index is 1230. The van der Waals surface area contributed by atoms with E-state index in [1.165, 1.54) is 37.6 Å². The van der Waals surface area contributed by atoms with Crippen LogP contribution in [0.2, 0.25) is 0 Å². The highest BCUT2D eigenvalue weighted by Crippen LogP contribution is 2.15. The number of hydrogen-bond acceptors (Lipinski definition) is 9. The first kappa shape index (κ1) is 36.9. The number of methoxy groups -OCH3 is 1. The van der Waals surface area contributed by atoms with Crippen molar-refractivity contribution in [2.45, 2.75) is 104 Å². The molecule has 0 saturated heterocycles. The zero-order chi connectivity index (χ0) is 33.0. The fourth-order valence-corrected chi connectivity index (χ4v) is 3.61. The lowest BCUT2D eigenvalue weighted by atomic mass is 9.99. The molecule has 43 heavy (non-hydrogen) atoms. The molecule has 240 valence electrons. The van der Waals surface area contributed by atoms with Crippen molar-refractivity contribution in [3.05, 3.63) is 40.8 Å². The van der Waals surface area contributed by atoms with Crippen molar-refractivity contribution in [2.75, 3.05) is 12.4 Å². The van der Waals surface area contributed by atoms with Crippen LogP contribution in [0.1, 0.15) is 74.7 Å². The quantitative estimate of drug-likeness (QED) is 0.173. The molecule has 0 saturated carbocycles. The Morgan fingerprint density at radius 1 is 1.00 bits per heavy atom. The minimum absolute atomic E-state index is 0.0731. The molecule has 1 aromatic heterocycles. The molecule has 0 aliphatic carbocycles. The predicted molar refractivity (Wildman–Crippen MR) is 160 cm³/mol. The Morgan fingerprint density at radius 3 is 2.19 bits per heavy atom. The van der Waals surface area contributed by atoms with E-state index in [9.17, 15) is 28.8 Å². The van der Waals surface area contributed by atoms with Crippen molar-refractivity contribution >= 4 is 35.5 Å². The van der Waals surface area contributed by atoms with Crippen molar-refractivity contribution < 1.29 is 38.2 Å². The molecular weight excluding hydrogens is 560 g/mol. The normalized spacial score (nSPS) is 13.8. The third-order valence-corrected chi connectivity index (χ3v) is 5.87. The second-order valence-corrected chi connectivity index (χ2v) is 12.0. The van der Waals surface area contributed by atoms with Crippen molar-refractivity contribution in [3.8, 4) is 0 Å². The first-order valence-electron chi connectivity index (χ1n) is 14.1. The van der Waals surface area contributed by atoms with Gasteiger partial charge in [-0.3, -0.25) is 14.4 Å². The molecule has 1 heterocycles. The van der Waals surface area contributed by atoms with Crippen LogP contribution >= 0.6 is 0 Å². The zero-order valence-corrected chi connectivity index (χ0v) is 26.6. The number of carbonyl (C=O) groups is 5. The molecule has 3 unspecified atom stereocenters. The van der Waals surface area contributed by atoms with E-state index in [1.54, 1.807) is 41.5 Å². The molecule has 0 fully saturated rings. The van der Waals surface area contributed by atoms with Gasteiger partial charge in [-0.1, -0.05) is 26.3 Å². The number of anilines is 1. The molecule has 0 radical (unpaired) electrons. The molecule has 0 aliphatic heterocycles. The van der Waals surface area contributed by atoms with Gasteiger partial charge >= 0.3 is 18.0 Å². The van der Waals surface area contributed by atoms with Crippen molar-refractivity contribution in [3.63, 3.8) is 0 Å². The van der Waals surface area contributed by atoms with Crippen LogP contribution in [0.3, 0.4) is 0 Å². The van der Waals surface area contributed by atoms with Gasteiger partial charge in [0.1, 0.15) is 35.5 Å². The highest BCUT2D eigenvalue weighted by atomic mass is 16.6. The van der Waals surface area contributed by atoms with E-state index in [2.05, 4.69) is 20.7 Å². The zero-order valence-electron chi connectivity index (χ0n) is 26.6. The average Bonchev–Trinajstić information content (AvgIpc) is 2.88. The lowest BCUT2D eigenvalue weighted by Gasteiger charge is -2.27. The van der Waals surface area contributed by atoms with E-state index >= 15 is 0 Å². The van der Waals surface area contributed by atoms with Crippen LogP contribution in [0.15, 0.2) is 35.3 Å². The smallest absolute Gasteiger partial charge is 0.408 e. The summed E-state index contributed by atoms with van der Waals surface area (Å²) in [4.78, 5) is 75.6. The molecule has 3 amide bonds. The molecule has 13 nitrogen and oxygen atoms in total. The number of alkyl carbamates (subject to hydrolysis) is 1. The number of amides is 3. The van der Waals surface area contributed by atoms with Gasteiger partial charge in [0.05, 0.1) is 7.11 Å². The van der Waals surface area contributed by atoms with E-state index in [0.29, 0.717) is 6.42 Å². The van der Waals surface area contributed by atoms with Crippen LogP contribution in [0.5, 0.6) is 0 Å². The third kappa shape index (κ3) is 14.0. The highest BCUT2D eigenvalue weighted by molar-refractivity contribution is 5.96. The SMILES string of the molecule is CCC(C)C(NC(=O)Cn1cccc(NC(=O)C(CC/C=C/C(=O)OC)NC(=O)OC(C)(C)C)c1=O)C(=O)OC(C)(C)C. The molecule has 0 spiro atoms. The van der Waals surface area contributed by atoms with Gasteiger partial charge in [-0.15, -0.1) is 0 Å². The van der Waals surface area contributed by atoms with Crippen molar-refractivity contribution in [1.82, 2.24) is 15.2 Å². The average molecular weight is 607 g/mol. The fraction of sp³-hybridized carbons (Fsp3) is 0.600. The summed E-state index contributed by atoms with van der Waals surface area (Å²) in [6.07, 6.45) is 4.10. The van der Waals surface area contributed by atoms with E-state index in [4.69, 9.17) is 9.47 Å². The second kappa shape index (κ2) is 16.5. The van der Waals surface area contributed by atoms with Crippen LogP contribution in [0.4, 0.5) is 10.5 Å². The van der Waals surface area contributed by atoms with Crippen LogP contribution < -0.4 is 21.5 Å². The summed E-state index contributed by atoms with van der Waals surface area (Å²) in [6.45, 7) is 13.5. The summed E-state index contributed by atoms with van der Waals surface area (Å²) in [6, 6.07) is 0.792. The summed E-state index contributed by atoms with van der Waals surface area (Å²) in [5, 5.41) is 7.65. The first-order valence-corrected chi connectivity index (χ1v) is 14.1. The van der Waals surface area contributed by atoms with Gasteiger partial charge < -0.3 is 34.7 Å². The Labute approximate surface area is 252 Å². The predicted octanol–water partition coefficient (Wildman–Crippen LogP) is 3.06. The Hall–Kier alpha value is -4.16. The number of rotatable bonds is 13. The number of nitrogens with zero attached hydrogens (tertiary/aromatic N) is 1. The summed E-state index contributed by atoms with van der Waals surface area (Å²) in [5.74, 6) is -2.68. The van der Waals surface area contributed by atoms with E-state index in [0.717, 1.165) is 4.57 Å². The summed E-state index contributed by atoms with van der Waals surface area (Å²) < 4.78 is 16.3. The Balaban J connectivity index is 3.09. The van der Waals surface area contributed by atoms with Crippen molar-refractivity contribution in [2.24, 2.45) is 5.92 Å². The number of carbonyl (C=O) groups excluding carboxylic acids is 5. The molecule has 3 N–H and O–H groups in total. The number of allylic oxidation sites excluding steroid dienone is 1. The maximum atomic E-state index is 13.2. The lowest BCUT2D eigenvalue weighted by molar-refractivity contribution is -0.160. The molecule has 13 heteroatoms. The van der Waals surface area contributed by atoms with Gasteiger partial charge in [0.15, 0.2) is 0 Å². The molecule has 1 aromatic rings. The maximum Gasteiger partial charge on any atom is 0.408 e. The number of ether oxygens (including phenoxy) is 3. The van der Waals surface area contributed by atoms with Gasteiger partial charge in [0.25, 0.3) is 5.56 Å².